The zero-order valence-corrected chi connectivity index (χ0v) is 3.83. The van der Waals surface area contributed by atoms with E-state index in [0.717, 1.165) is 0 Å². The molecule has 0 atom stereocenters. The molecule has 0 aromatic rings. The van der Waals surface area contributed by atoms with Crippen LogP contribution >= 0.6 is 11.9 Å². The van der Waals surface area contributed by atoms with Gasteiger partial charge in [-0.25, -0.2) is 4.99 Å². The molecule has 6 heavy (non-hydrogen) atoms. The first-order chi connectivity index (χ1) is 3.00. The molecule has 0 aromatic carbocycles. The van der Waals surface area contributed by atoms with Gasteiger partial charge in [-0.2, -0.15) is 0 Å². The highest BCUT2D eigenvalue weighted by molar-refractivity contribution is 8.00. The molecular formula is C3H3N2S. The van der Waals surface area contributed by atoms with Crippen molar-refractivity contribution in [1.29, 1.82) is 0 Å². The molecule has 1 aliphatic heterocycles. The number of rotatable bonds is 0. The highest BCUT2D eigenvalue weighted by atomic mass is 32.2. The normalized spacial score (nSPS) is 17.3. The lowest BCUT2D eigenvalue weighted by Crippen LogP contribution is -1.97. The van der Waals surface area contributed by atoms with E-state index in [4.69, 9.17) is 0 Å². The molecule has 0 fully saturated rings. The van der Waals surface area contributed by atoms with Crippen LogP contribution in [0.1, 0.15) is 0 Å². The largest absolute Gasteiger partial charge is 0.317 e. The molecule has 31 valence electrons. The first-order valence-electron chi connectivity index (χ1n) is 1.50. The molecule has 2 nitrogen and oxygen atoms in total. The van der Waals surface area contributed by atoms with Gasteiger partial charge in [0.05, 0.1) is 12.5 Å². The Kier molecular flexibility index (Phi) is 1.17. The van der Waals surface area contributed by atoms with E-state index in [-0.39, 0.29) is 0 Å². The molecule has 0 amide bonds. The molecule has 1 aliphatic rings. The summed E-state index contributed by atoms with van der Waals surface area (Å²) in [5, 5.41) is 1.75. The Bertz CT molecular complexity index is 74.8. The Labute approximate surface area is 40.5 Å². The standard InChI is InChI=1S/C3H3N2S/c1-2-6-5-3-4-1/h2-3H,(H,4,5). The minimum atomic E-state index is 1.46. The summed E-state index contributed by atoms with van der Waals surface area (Å²) in [6.45, 7) is 0. The van der Waals surface area contributed by atoms with Crippen molar-refractivity contribution in [2.75, 3.05) is 0 Å². The van der Waals surface area contributed by atoms with Crippen LogP contribution < -0.4 is 4.72 Å². The third-order valence-electron chi connectivity index (χ3n) is 0.371. The van der Waals surface area contributed by atoms with Crippen molar-refractivity contribution in [3.8, 4) is 0 Å². The molecule has 0 aliphatic carbocycles. The molecule has 1 rings (SSSR count). The van der Waals surface area contributed by atoms with E-state index in [1.807, 2.05) is 0 Å². The van der Waals surface area contributed by atoms with Crippen LogP contribution in [0.5, 0.6) is 0 Å². The predicted molar refractivity (Wildman–Crippen MR) is 27.0 cm³/mol. The maximum Gasteiger partial charge on any atom is 0.0991 e. The summed E-state index contributed by atoms with van der Waals surface area (Å²) in [6, 6.07) is 0. The average Bonchev–Trinajstić information content (AvgIpc) is 1.72. The summed E-state index contributed by atoms with van der Waals surface area (Å²) < 4.78 is 2.79. The SMILES string of the molecule is [C]1=CSNC=N1. The van der Waals surface area contributed by atoms with Crippen molar-refractivity contribution in [3.05, 3.63) is 11.6 Å². The van der Waals surface area contributed by atoms with Crippen molar-refractivity contribution >= 4 is 18.3 Å². The van der Waals surface area contributed by atoms with Crippen LogP contribution in [0.2, 0.25) is 0 Å². The molecule has 1 radical (unpaired) electrons. The molecule has 3 heteroatoms. The number of hydrogen-bond donors (Lipinski definition) is 1. The Balaban J connectivity index is 2.46. The zero-order valence-electron chi connectivity index (χ0n) is 3.01. The van der Waals surface area contributed by atoms with Crippen LogP contribution in [-0.2, 0) is 0 Å². The second kappa shape index (κ2) is 1.87. The number of nitrogens with one attached hydrogen (secondary N) is 1. The molecule has 0 unspecified atom stereocenters. The maximum absolute atomic E-state index is 3.61. The lowest BCUT2D eigenvalue weighted by molar-refractivity contribution is 1.44. The Hall–Kier alpha value is -0.440. The van der Waals surface area contributed by atoms with Crippen LogP contribution in [0.3, 0.4) is 0 Å². The summed E-state index contributed by atoms with van der Waals surface area (Å²) in [7, 11) is 0. The van der Waals surface area contributed by atoms with Gasteiger partial charge in [-0.3, -0.25) is 0 Å². The first kappa shape index (κ1) is 3.74. The second-order valence-electron chi connectivity index (χ2n) is 0.741. The van der Waals surface area contributed by atoms with Gasteiger partial charge in [-0.1, -0.05) is 0 Å². The Morgan fingerprint density at radius 2 is 2.83 bits per heavy atom. The van der Waals surface area contributed by atoms with E-state index in [1.165, 1.54) is 11.9 Å². The van der Waals surface area contributed by atoms with Crippen LogP contribution in [0.4, 0.5) is 0 Å². The van der Waals surface area contributed by atoms with E-state index in [0.29, 0.717) is 0 Å². The summed E-state index contributed by atoms with van der Waals surface area (Å²) in [5.74, 6) is 0. The zero-order chi connectivity index (χ0) is 4.24. The molecule has 0 saturated heterocycles. The van der Waals surface area contributed by atoms with Gasteiger partial charge in [0, 0.05) is 5.41 Å². The van der Waals surface area contributed by atoms with E-state index in [2.05, 4.69) is 15.9 Å². The van der Waals surface area contributed by atoms with Gasteiger partial charge >= 0.3 is 0 Å². The second-order valence-corrected chi connectivity index (χ2v) is 1.45. The lowest BCUT2D eigenvalue weighted by Gasteiger charge is -1.91. The van der Waals surface area contributed by atoms with Gasteiger partial charge in [0.15, 0.2) is 0 Å². The third-order valence-corrected chi connectivity index (χ3v) is 0.836. The third kappa shape index (κ3) is 0.755. The van der Waals surface area contributed by atoms with E-state index >= 15 is 0 Å². The molecule has 0 saturated carbocycles. The minimum Gasteiger partial charge on any atom is -0.317 e. The van der Waals surface area contributed by atoms with Gasteiger partial charge in [0.1, 0.15) is 0 Å². The van der Waals surface area contributed by atoms with Gasteiger partial charge in [-0.05, 0) is 11.9 Å². The quantitative estimate of drug-likeness (QED) is 0.448. The molecule has 0 aromatic heterocycles. The van der Waals surface area contributed by atoms with Crippen molar-refractivity contribution in [2.24, 2.45) is 4.99 Å². The van der Waals surface area contributed by atoms with Crippen molar-refractivity contribution in [3.63, 3.8) is 0 Å². The van der Waals surface area contributed by atoms with Gasteiger partial charge in [0.2, 0.25) is 0 Å². The van der Waals surface area contributed by atoms with Crippen molar-refractivity contribution in [1.82, 2.24) is 4.72 Å². The number of nitrogens with zero attached hydrogens (tertiary/aromatic N) is 1. The minimum absolute atomic E-state index is 1.46. The Morgan fingerprint density at radius 1 is 1.83 bits per heavy atom. The molecule has 0 bridgehead atoms. The molecule has 1 heterocycles. The van der Waals surface area contributed by atoms with Crippen LogP contribution in [-0.4, -0.2) is 6.34 Å². The molecule has 1 N–H and O–H groups in total. The van der Waals surface area contributed by atoms with Gasteiger partial charge in [-0.15, -0.1) is 0 Å². The highest BCUT2D eigenvalue weighted by Crippen LogP contribution is 1.95. The van der Waals surface area contributed by atoms with Crippen LogP contribution in [0.15, 0.2) is 10.4 Å². The maximum atomic E-state index is 3.61. The van der Waals surface area contributed by atoms with Crippen molar-refractivity contribution < 1.29 is 0 Å². The summed E-state index contributed by atoms with van der Waals surface area (Å²) in [4.78, 5) is 3.61. The average molecular weight is 99.1 g/mol. The number of hydrogen-bond acceptors (Lipinski definition) is 3. The molecular weight excluding hydrogens is 96.1 g/mol. The molecule has 0 spiro atoms. The lowest BCUT2D eigenvalue weighted by atomic mass is 11.0. The number of aliphatic imine (C=N–C) groups is 1. The van der Waals surface area contributed by atoms with Crippen LogP contribution in [0.25, 0.3) is 0 Å². The van der Waals surface area contributed by atoms with E-state index in [1.54, 1.807) is 11.7 Å². The fourth-order valence-electron chi connectivity index (χ4n) is 0.185. The summed E-state index contributed by atoms with van der Waals surface area (Å²) in [5.41, 5.74) is 0. The van der Waals surface area contributed by atoms with Gasteiger partial charge in [0.25, 0.3) is 0 Å². The Morgan fingerprint density at radius 3 is 3.00 bits per heavy atom. The first-order valence-corrected chi connectivity index (χ1v) is 2.38. The van der Waals surface area contributed by atoms with Crippen LogP contribution in [0, 0.1) is 6.20 Å². The van der Waals surface area contributed by atoms with Gasteiger partial charge < -0.3 is 4.72 Å². The predicted octanol–water partition coefficient (Wildman–Crippen LogP) is 0.540. The highest BCUT2D eigenvalue weighted by Gasteiger charge is 1.76. The fourth-order valence-corrected chi connectivity index (χ4v) is 0.480. The van der Waals surface area contributed by atoms with E-state index in [9.17, 15) is 0 Å². The monoisotopic (exact) mass is 99.0 g/mol. The van der Waals surface area contributed by atoms with Crippen molar-refractivity contribution in [2.45, 2.75) is 0 Å². The van der Waals surface area contributed by atoms with E-state index < -0.39 is 0 Å². The fraction of sp³-hybridized carbons (Fsp3) is 0. The topological polar surface area (TPSA) is 24.4 Å². The summed E-state index contributed by atoms with van der Waals surface area (Å²) >= 11 is 1.46. The summed E-state index contributed by atoms with van der Waals surface area (Å²) in [6.07, 6.45) is 4.22. The smallest absolute Gasteiger partial charge is 0.0991 e.